The van der Waals surface area contributed by atoms with E-state index in [0.29, 0.717) is 43.7 Å². The van der Waals surface area contributed by atoms with Crippen LogP contribution in [0.15, 0.2) is 35.1 Å². The van der Waals surface area contributed by atoms with Crippen LogP contribution in [0.1, 0.15) is 37.2 Å². The van der Waals surface area contributed by atoms with Crippen LogP contribution in [-0.4, -0.2) is 48.8 Å². The van der Waals surface area contributed by atoms with Crippen molar-refractivity contribution in [1.29, 1.82) is 0 Å². The highest BCUT2D eigenvalue weighted by Crippen LogP contribution is 2.28. The van der Waals surface area contributed by atoms with E-state index in [1.807, 2.05) is 37.3 Å². The van der Waals surface area contributed by atoms with E-state index < -0.39 is 6.09 Å². The van der Waals surface area contributed by atoms with E-state index >= 15 is 0 Å². The molecule has 0 aliphatic carbocycles. The minimum absolute atomic E-state index is 0.0753. The number of rotatable bonds is 3. The molecule has 140 valence electrons. The smallest absolute Gasteiger partial charge is 0.407 e. The number of piperidine rings is 1. The van der Waals surface area contributed by atoms with Crippen LogP contribution in [0.4, 0.5) is 4.79 Å². The topological polar surface area (TPSA) is 104 Å². The Bertz CT molecular complexity index is 1030. The second-order valence-electron chi connectivity index (χ2n) is 6.74. The molecule has 3 heterocycles. The Labute approximate surface area is 155 Å². The number of hydrogen-bond acceptors (Lipinski definition) is 4. The summed E-state index contributed by atoms with van der Waals surface area (Å²) < 4.78 is 1.67. The lowest BCUT2D eigenvalue weighted by molar-refractivity contribution is 0.131. The van der Waals surface area contributed by atoms with Gasteiger partial charge in [0.05, 0.1) is 5.69 Å². The highest BCUT2D eigenvalue weighted by atomic mass is 16.4. The number of aryl methyl sites for hydroxylation is 1. The number of imidazole rings is 1. The summed E-state index contributed by atoms with van der Waals surface area (Å²) in [5.74, 6) is 1.32. The van der Waals surface area contributed by atoms with Crippen LogP contribution in [0.3, 0.4) is 0 Å². The van der Waals surface area contributed by atoms with Gasteiger partial charge in [-0.3, -0.25) is 4.79 Å². The van der Waals surface area contributed by atoms with Crippen molar-refractivity contribution in [3.8, 4) is 11.4 Å². The molecule has 1 aromatic carbocycles. The molecule has 2 aromatic heterocycles. The van der Waals surface area contributed by atoms with Gasteiger partial charge in [-0.15, -0.1) is 5.10 Å². The Balaban J connectivity index is 1.80. The van der Waals surface area contributed by atoms with Crippen molar-refractivity contribution < 1.29 is 9.90 Å². The Kier molecular flexibility index (Phi) is 4.39. The molecule has 1 aliphatic heterocycles. The van der Waals surface area contributed by atoms with E-state index in [2.05, 4.69) is 10.1 Å². The molecule has 1 saturated heterocycles. The number of amides is 1. The second kappa shape index (κ2) is 6.86. The van der Waals surface area contributed by atoms with Crippen molar-refractivity contribution in [3.63, 3.8) is 0 Å². The number of carboxylic acid groups (broad SMARTS) is 1. The molecule has 1 fully saturated rings. The number of fused-ring (bicyclic) bond motifs is 1. The number of aromatic amines is 1. The number of benzene rings is 1. The zero-order valence-corrected chi connectivity index (χ0v) is 15.1. The quantitative estimate of drug-likeness (QED) is 0.740. The van der Waals surface area contributed by atoms with Gasteiger partial charge in [0.25, 0.3) is 5.56 Å². The van der Waals surface area contributed by atoms with Crippen molar-refractivity contribution in [2.45, 2.75) is 32.1 Å². The second-order valence-corrected chi connectivity index (χ2v) is 6.74. The zero-order chi connectivity index (χ0) is 19.0. The van der Waals surface area contributed by atoms with Gasteiger partial charge in [0, 0.05) is 24.6 Å². The molecule has 0 bridgehead atoms. The standard InChI is InChI=1S/C19H21N5O3/c1-2-14-15-18(25)21-16(12-6-4-3-5-7-12)22-24(15)17(20-14)13-8-10-23(11-9-13)19(26)27/h3-7,13H,2,8-11H2,1H3,(H,26,27)(H,21,22,25). The lowest BCUT2D eigenvalue weighted by Crippen LogP contribution is -2.37. The Morgan fingerprint density at radius 3 is 2.59 bits per heavy atom. The molecule has 0 saturated carbocycles. The van der Waals surface area contributed by atoms with Crippen LogP contribution in [-0.2, 0) is 6.42 Å². The van der Waals surface area contributed by atoms with Crippen molar-refractivity contribution >= 4 is 11.6 Å². The van der Waals surface area contributed by atoms with Gasteiger partial charge in [-0.05, 0) is 19.3 Å². The highest BCUT2D eigenvalue weighted by molar-refractivity contribution is 5.65. The van der Waals surface area contributed by atoms with Gasteiger partial charge in [0.15, 0.2) is 11.3 Å². The van der Waals surface area contributed by atoms with E-state index in [1.54, 1.807) is 4.52 Å². The predicted octanol–water partition coefficient (Wildman–Crippen LogP) is 2.50. The minimum atomic E-state index is -0.892. The van der Waals surface area contributed by atoms with Crippen molar-refractivity contribution in [2.75, 3.05) is 13.1 Å². The number of hydrogen-bond donors (Lipinski definition) is 2. The molecule has 0 unspecified atom stereocenters. The third kappa shape index (κ3) is 3.07. The normalized spacial score (nSPS) is 15.4. The van der Waals surface area contributed by atoms with E-state index in [-0.39, 0.29) is 11.5 Å². The molecule has 2 N–H and O–H groups in total. The Hall–Kier alpha value is -3.16. The number of likely N-dealkylation sites (tertiary alicyclic amines) is 1. The average molecular weight is 367 g/mol. The van der Waals surface area contributed by atoms with Gasteiger partial charge in [0.2, 0.25) is 0 Å². The predicted molar refractivity (Wildman–Crippen MR) is 100.0 cm³/mol. The first-order valence-corrected chi connectivity index (χ1v) is 9.13. The number of aromatic nitrogens is 4. The fourth-order valence-corrected chi connectivity index (χ4v) is 3.66. The molecule has 1 aliphatic rings. The third-order valence-corrected chi connectivity index (χ3v) is 5.11. The molecule has 27 heavy (non-hydrogen) atoms. The summed E-state index contributed by atoms with van der Waals surface area (Å²) in [6.07, 6.45) is 1.08. The summed E-state index contributed by atoms with van der Waals surface area (Å²) in [6.45, 7) is 2.89. The molecule has 8 heteroatoms. The molecular weight excluding hydrogens is 346 g/mol. The SMILES string of the molecule is CCc1nc(C2CCN(C(=O)O)CC2)n2nc(-c3ccccc3)[nH]c(=O)c12. The number of carbonyl (C=O) groups is 1. The minimum Gasteiger partial charge on any atom is -0.465 e. The van der Waals surface area contributed by atoms with Gasteiger partial charge in [-0.2, -0.15) is 0 Å². The molecule has 3 aromatic rings. The van der Waals surface area contributed by atoms with Crippen LogP contribution in [0.25, 0.3) is 16.9 Å². The lowest BCUT2D eigenvalue weighted by Gasteiger charge is -2.29. The molecule has 0 atom stereocenters. The van der Waals surface area contributed by atoms with Crippen molar-refractivity contribution in [2.24, 2.45) is 0 Å². The summed E-state index contributed by atoms with van der Waals surface area (Å²) in [4.78, 5) is 32.9. The van der Waals surface area contributed by atoms with Gasteiger partial charge in [-0.25, -0.2) is 14.3 Å². The van der Waals surface area contributed by atoms with E-state index in [1.165, 1.54) is 4.90 Å². The molecular formula is C19H21N5O3. The van der Waals surface area contributed by atoms with E-state index in [4.69, 9.17) is 10.1 Å². The van der Waals surface area contributed by atoms with E-state index in [9.17, 15) is 9.59 Å². The van der Waals surface area contributed by atoms with Crippen molar-refractivity contribution in [3.05, 3.63) is 52.2 Å². The molecule has 1 amide bonds. The summed E-state index contributed by atoms with van der Waals surface area (Å²) in [5, 5.41) is 13.8. The summed E-state index contributed by atoms with van der Waals surface area (Å²) in [5.41, 5.74) is 1.82. The monoisotopic (exact) mass is 367 g/mol. The summed E-state index contributed by atoms with van der Waals surface area (Å²) in [6, 6.07) is 9.49. The fraction of sp³-hybridized carbons (Fsp3) is 0.368. The number of nitrogens with zero attached hydrogens (tertiary/aromatic N) is 4. The van der Waals surface area contributed by atoms with Gasteiger partial charge < -0.3 is 15.0 Å². The average Bonchev–Trinajstić information content (AvgIpc) is 3.08. The summed E-state index contributed by atoms with van der Waals surface area (Å²) >= 11 is 0. The highest BCUT2D eigenvalue weighted by Gasteiger charge is 2.28. The fourth-order valence-electron chi connectivity index (χ4n) is 3.66. The van der Waals surface area contributed by atoms with Crippen LogP contribution >= 0.6 is 0 Å². The van der Waals surface area contributed by atoms with Crippen LogP contribution in [0, 0.1) is 0 Å². The van der Waals surface area contributed by atoms with Gasteiger partial charge >= 0.3 is 6.09 Å². The van der Waals surface area contributed by atoms with Crippen LogP contribution in [0.2, 0.25) is 0 Å². The summed E-state index contributed by atoms with van der Waals surface area (Å²) in [7, 11) is 0. The largest absolute Gasteiger partial charge is 0.465 e. The number of nitrogens with one attached hydrogen (secondary N) is 1. The molecule has 0 radical (unpaired) electrons. The third-order valence-electron chi connectivity index (χ3n) is 5.11. The Morgan fingerprint density at radius 1 is 1.26 bits per heavy atom. The number of H-pyrrole nitrogens is 1. The maximum Gasteiger partial charge on any atom is 0.407 e. The first-order chi connectivity index (χ1) is 13.1. The maximum atomic E-state index is 12.7. The Morgan fingerprint density at radius 2 is 1.96 bits per heavy atom. The molecule has 4 rings (SSSR count). The first kappa shape index (κ1) is 17.3. The van der Waals surface area contributed by atoms with Crippen LogP contribution < -0.4 is 5.56 Å². The first-order valence-electron chi connectivity index (χ1n) is 9.13. The van der Waals surface area contributed by atoms with E-state index in [0.717, 1.165) is 17.1 Å². The molecule has 8 nitrogen and oxygen atoms in total. The van der Waals surface area contributed by atoms with Gasteiger partial charge in [-0.1, -0.05) is 37.3 Å². The molecule has 0 spiro atoms. The van der Waals surface area contributed by atoms with Crippen molar-refractivity contribution in [1.82, 2.24) is 24.5 Å². The van der Waals surface area contributed by atoms with Gasteiger partial charge in [0.1, 0.15) is 5.82 Å². The lowest BCUT2D eigenvalue weighted by atomic mass is 9.96. The zero-order valence-electron chi connectivity index (χ0n) is 15.1. The maximum absolute atomic E-state index is 12.7. The van der Waals surface area contributed by atoms with Crippen LogP contribution in [0.5, 0.6) is 0 Å².